The van der Waals surface area contributed by atoms with Crippen molar-refractivity contribution in [3.8, 4) is 0 Å². The molecule has 1 saturated carbocycles. The molecule has 0 spiro atoms. The van der Waals surface area contributed by atoms with Crippen LogP contribution in [0, 0.1) is 5.92 Å². The quantitative estimate of drug-likeness (QED) is 0.881. The summed E-state index contributed by atoms with van der Waals surface area (Å²) in [5, 5.41) is 3.54. The van der Waals surface area contributed by atoms with E-state index in [9.17, 15) is 0 Å². The molecular formula is C16H25N3. The van der Waals surface area contributed by atoms with Crippen LogP contribution >= 0.6 is 0 Å². The zero-order chi connectivity index (χ0) is 13.2. The summed E-state index contributed by atoms with van der Waals surface area (Å²) in [6.07, 6.45) is 7.29. The van der Waals surface area contributed by atoms with Gasteiger partial charge in [-0.05, 0) is 43.7 Å². The van der Waals surface area contributed by atoms with E-state index >= 15 is 0 Å². The first-order valence-corrected chi connectivity index (χ1v) is 7.69. The van der Waals surface area contributed by atoms with Crippen molar-refractivity contribution in [3.63, 3.8) is 0 Å². The molecule has 1 N–H and O–H groups in total. The largest absolute Gasteiger partial charge is 0.368 e. The smallest absolute Gasteiger partial charge is 0.0562 e. The number of anilines is 1. The van der Waals surface area contributed by atoms with Gasteiger partial charge < -0.3 is 10.2 Å². The van der Waals surface area contributed by atoms with Gasteiger partial charge in [0.1, 0.15) is 0 Å². The van der Waals surface area contributed by atoms with Crippen molar-refractivity contribution in [1.29, 1.82) is 0 Å². The van der Waals surface area contributed by atoms with Crippen LogP contribution in [0.1, 0.15) is 45.2 Å². The number of rotatable bonds is 5. The van der Waals surface area contributed by atoms with Gasteiger partial charge in [0.05, 0.1) is 5.69 Å². The van der Waals surface area contributed by atoms with E-state index < -0.39 is 0 Å². The van der Waals surface area contributed by atoms with Gasteiger partial charge in [-0.3, -0.25) is 4.98 Å². The summed E-state index contributed by atoms with van der Waals surface area (Å²) in [6, 6.07) is 5.89. The average Bonchev–Trinajstić information content (AvgIpc) is 3.10. The summed E-state index contributed by atoms with van der Waals surface area (Å²) in [7, 11) is 0. The lowest BCUT2D eigenvalue weighted by atomic mass is 10.0. The summed E-state index contributed by atoms with van der Waals surface area (Å²) in [5.74, 6) is 0.726. The fourth-order valence-corrected chi connectivity index (χ4v) is 3.08. The number of hydrogen-bond acceptors (Lipinski definition) is 3. The third-order valence-electron chi connectivity index (χ3n) is 4.35. The van der Waals surface area contributed by atoms with E-state index in [1.54, 1.807) is 0 Å². The molecule has 0 bridgehead atoms. The molecule has 3 rings (SSSR count). The van der Waals surface area contributed by atoms with E-state index in [2.05, 4.69) is 41.2 Å². The SMILES string of the molecule is CC(C)C1CCCN1c1ccnc(CNC2CC2)c1. The minimum atomic E-state index is 0.701. The lowest BCUT2D eigenvalue weighted by Gasteiger charge is -2.29. The van der Waals surface area contributed by atoms with E-state index in [0.717, 1.165) is 18.5 Å². The third kappa shape index (κ3) is 3.08. The van der Waals surface area contributed by atoms with Crippen LogP contribution in [0.2, 0.25) is 0 Å². The van der Waals surface area contributed by atoms with Crippen LogP contribution < -0.4 is 10.2 Å². The molecule has 1 aromatic heterocycles. The Morgan fingerprint density at radius 3 is 2.95 bits per heavy atom. The van der Waals surface area contributed by atoms with E-state index in [0.29, 0.717) is 6.04 Å². The first kappa shape index (κ1) is 12.9. The van der Waals surface area contributed by atoms with Crippen molar-refractivity contribution in [2.45, 2.75) is 58.2 Å². The van der Waals surface area contributed by atoms with Crippen molar-refractivity contribution < 1.29 is 0 Å². The maximum Gasteiger partial charge on any atom is 0.0562 e. The Bertz CT molecular complexity index is 426. The molecule has 1 saturated heterocycles. The highest BCUT2D eigenvalue weighted by molar-refractivity contribution is 5.48. The van der Waals surface area contributed by atoms with Crippen LogP contribution in [0.25, 0.3) is 0 Å². The van der Waals surface area contributed by atoms with Crippen molar-refractivity contribution in [1.82, 2.24) is 10.3 Å². The Hall–Kier alpha value is -1.09. The summed E-state index contributed by atoms with van der Waals surface area (Å²) < 4.78 is 0. The predicted octanol–water partition coefficient (Wildman–Crippen LogP) is 2.96. The molecule has 3 nitrogen and oxygen atoms in total. The van der Waals surface area contributed by atoms with E-state index in [1.165, 1.54) is 43.6 Å². The van der Waals surface area contributed by atoms with Crippen molar-refractivity contribution in [3.05, 3.63) is 24.0 Å². The van der Waals surface area contributed by atoms with Gasteiger partial charge in [0, 0.05) is 37.1 Å². The second-order valence-corrected chi connectivity index (χ2v) is 6.31. The number of nitrogens with zero attached hydrogens (tertiary/aromatic N) is 2. The summed E-state index contributed by atoms with van der Waals surface area (Å²) in [4.78, 5) is 7.07. The number of pyridine rings is 1. The molecule has 2 heterocycles. The molecule has 0 aromatic carbocycles. The Balaban J connectivity index is 1.70. The molecule has 3 heteroatoms. The van der Waals surface area contributed by atoms with Crippen LogP contribution in [-0.2, 0) is 6.54 Å². The molecule has 104 valence electrons. The number of hydrogen-bond donors (Lipinski definition) is 1. The molecule has 1 atom stereocenters. The van der Waals surface area contributed by atoms with E-state index in [4.69, 9.17) is 0 Å². The Labute approximate surface area is 116 Å². The molecule has 1 aliphatic heterocycles. The first-order valence-electron chi connectivity index (χ1n) is 7.69. The zero-order valence-corrected chi connectivity index (χ0v) is 12.1. The van der Waals surface area contributed by atoms with Gasteiger partial charge in [-0.2, -0.15) is 0 Å². The van der Waals surface area contributed by atoms with Gasteiger partial charge in [0.15, 0.2) is 0 Å². The van der Waals surface area contributed by atoms with Crippen LogP contribution in [0.3, 0.4) is 0 Å². The highest BCUT2D eigenvalue weighted by Crippen LogP contribution is 2.29. The van der Waals surface area contributed by atoms with Gasteiger partial charge >= 0.3 is 0 Å². The second kappa shape index (κ2) is 5.49. The fraction of sp³-hybridized carbons (Fsp3) is 0.688. The zero-order valence-electron chi connectivity index (χ0n) is 12.1. The summed E-state index contributed by atoms with van der Waals surface area (Å²) >= 11 is 0. The highest BCUT2D eigenvalue weighted by Gasteiger charge is 2.27. The lowest BCUT2D eigenvalue weighted by Crippen LogP contribution is -2.33. The minimum Gasteiger partial charge on any atom is -0.368 e. The Morgan fingerprint density at radius 2 is 2.21 bits per heavy atom. The third-order valence-corrected chi connectivity index (χ3v) is 4.35. The molecule has 2 aliphatic rings. The topological polar surface area (TPSA) is 28.2 Å². The van der Waals surface area contributed by atoms with Crippen molar-refractivity contribution >= 4 is 5.69 Å². The van der Waals surface area contributed by atoms with E-state index in [-0.39, 0.29) is 0 Å². The maximum atomic E-state index is 4.49. The normalized spacial score (nSPS) is 23.3. The Kier molecular flexibility index (Phi) is 3.74. The second-order valence-electron chi connectivity index (χ2n) is 6.31. The van der Waals surface area contributed by atoms with Crippen molar-refractivity contribution in [2.75, 3.05) is 11.4 Å². The fourth-order valence-electron chi connectivity index (χ4n) is 3.08. The molecule has 1 aliphatic carbocycles. The molecule has 0 radical (unpaired) electrons. The van der Waals surface area contributed by atoms with Crippen LogP contribution in [-0.4, -0.2) is 23.6 Å². The highest BCUT2D eigenvalue weighted by atomic mass is 15.2. The van der Waals surface area contributed by atoms with Crippen LogP contribution in [0.15, 0.2) is 18.3 Å². The maximum absolute atomic E-state index is 4.49. The molecule has 19 heavy (non-hydrogen) atoms. The standard InChI is InChI=1S/C16H25N3/c1-12(2)16-4-3-9-19(16)15-7-8-17-14(10-15)11-18-13-5-6-13/h7-8,10,12-13,16,18H,3-6,9,11H2,1-2H3. The van der Waals surface area contributed by atoms with Gasteiger partial charge in [-0.15, -0.1) is 0 Å². The summed E-state index contributed by atoms with van der Waals surface area (Å²) in [6.45, 7) is 6.78. The average molecular weight is 259 g/mol. The lowest BCUT2D eigenvalue weighted by molar-refractivity contribution is 0.491. The van der Waals surface area contributed by atoms with Gasteiger partial charge in [0.25, 0.3) is 0 Å². The van der Waals surface area contributed by atoms with Gasteiger partial charge in [0.2, 0.25) is 0 Å². The Morgan fingerprint density at radius 1 is 1.37 bits per heavy atom. The summed E-state index contributed by atoms with van der Waals surface area (Å²) in [5.41, 5.74) is 2.54. The molecule has 1 unspecified atom stereocenters. The van der Waals surface area contributed by atoms with Crippen LogP contribution in [0.4, 0.5) is 5.69 Å². The molecule has 2 fully saturated rings. The van der Waals surface area contributed by atoms with Gasteiger partial charge in [-0.25, -0.2) is 0 Å². The first-order chi connectivity index (χ1) is 9.24. The minimum absolute atomic E-state index is 0.701. The molecule has 0 amide bonds. The molecule has 1 aromatic rings. The van der Waals surface area contributed by atoms with E-state index in [1.807, 2.05) is 6.20 Å². The van der Waals surface area contributed by atoms with Crippen molar-refractivity contribution in [2.24, 2.45) is 5.92 Å². The number of nitrogens with one attached hydrogen (secondary N) is 1. The predicted molar refractivity (Wildman–Crippen MR) is 79.3 cm³/mol. The monoisotopic (exact) mass is 259 g/mol. The molecular weight excluding hydrogens is 234 g/mol. The van der Waals surface area contributed by atoms with Gasteiger partial charge in [-0.1, -0.05) is 13.8 Å². The van der Waals surface area contributed by atoms with Crippen LogP contribution in [0.5, 0.6) is 0 Å². The number of aromatic nitrogens is 1.